The van der Waals surface area contributed by atoms with E-state index >= 15 is 0 Å². The summed E-state index contributed by atoms with van der Waals surface area (Å²) in [6.07, 6.45) is 3.42. The van der Waals surface area contributed by atoms with E-state index in [1.807, 2.05) is 18.2 Å². The van der Waals surface area contributed by atoms with Crippen LogP contribution >= 0.6 is 27.7 Å². The lowest BCUT2D eigenvalue weighted by Gasteiger charge is -2.14. The van der Waals surface area contributed by atoms with Gasteiger partial charge in [0, 0.05) is 21.1 Å². The topological polar surface area (TPSA) is 55.1 Å². The van der Waals surface area contributed by atoms with E-state index in [0.29, 0.717) is 5.75 Å². The van der Waals surface area contributed by atoms with Crippen molar-refractivity contribution in [2.75, 3.05) is 11.5 Å². The molecule has 0 heterocycles. The third-order valence-electron chi connectivity index (χ3n) is 3.14. The van der Waals surface area contributed by atoms with Crippen molar-refractivity contribution in [2.24, 2.45) is 5.92 Å². The number of anilines is 1. The summed E-state index contributed by atoms with van der Waals surface area (Å²) in [5, 5.41) is 3.05. The van der Waals surface area contributed by atoms with E-state index in [0.717, 1.165) is 33.8 Å². The van der Waals surface area contributed by atoms with Crippen molar-refractivity contribution in [3.05, 3.63) is 22.7 Å². The van der Waals surface area contributed by atoms with E-state index in [1.165, 1.54) is 18.2 Å². The highest BCUT2D eigenvalue weighted by atomic mass is 79.9. The minimum absolute atomic E-state index is 0.0840. The van der Waals surface area contributed by atoms with Crippen molar-refractivity contribution in [3.8, 4) is 0 Å². The highest BCUT2D eigenvalue weighted by molar-refractivity contribution is 9.10. The van der Waals surface area contributed by atoms with Crippen LogP contribution in [0.1, 0.15) is 40.0 Å². The van der Waals surface area contributed by atoms with Crippen LogP contribution in [0.3, 0.4) is 0 Å². The molecule has 0 saturated heterocycles. The van der Waals surface area contributed by atoms with Crippen LogP contribution in [-0.4, -0.2) is 17.7 Å². The van der Waals surface area contributed by atoms with Gasteiger partial charge in [0.15, 0.2) is 0 Å². The van der Waals surface area contributed by atoms with E-state index in [4.69, 9.17) is 5.73 Å². The third-order valence-corrected chi connectivity index (χ3v) is 5.13. The molecule has 5 heteroatoms. The summed E-state index contributed by atoms with van der Waals surface area (Å²) in [6, 6.07) is 5.88. The van der Waals surface area contributed by atoms with Crippen LogP contribution in [0.5, 0.6) is 0 Å². The monoisotopic (exact) mass is 372 g/mol. The molecule has 0 aliphatic heterocycles. The fraction of sp³-hybridized carbons (Fsp3) is 0.562. The molecule has 21 heavy (non-hydrogen) atoms. The first-order valence-electron chi connectivity index (χ1n) is 7.35. The van der Waals surface area contributed by atoms with E-state index in [2.05, 4.69) is 42.0 Å². The number of nitrogens with two attached hydrogens (primary N) is 1. The number of nitrogen functional groups attached to an aromatic ring is 1. The molecule has 3 N–H and O–H groups in total. The van der Waals surface area contributed by atoms with Crippen molar-refractivity contribution in [1.82, 2.24) is 5.32 Å². The number of benzene rings is 1. The molecule has 118 valence electrons. The minimum Gasteiger partial charge on any atom is -0.399 e. The average Bonchev–Trinajstić information content (AvgIpc) is 2.37. The standard InChI is InChI=1S/C16H25BrN2OS/c1-11(2)5-4-6-12(3)19-16(20)10-21-15-8-7-13(18)9-14(15)17/h7-9,11-12H,4-6,10,18H2,1-3H3,(H,19,20). The molecule has 0 fully saturated rings. The number of rotatable bonds is 8. The Morgan fingerprint density at radius 1 is 1.33 bits per heavy atom. The van der Waals surface area contributed by atoms with Crippen LogP contribution in [0.4, 0.5) is 5.69 Å². The van der Waals surface area contributed by atoms with Crippen molar-refractivity contribution < 1.29 is 4.79 Å². The van der Waals surface area contributed by atoms with E-state index in [9.17, 15) is 4.79 Å². The van der Waals surface area contributed by atoms with E-state index < -0.39 is 0 Å². The van der Waals surface area contributed by atoms with Gasteiger partial charge in [-0.1, -0.05) is 26.7 Å². The van der Waals surface area contributed by atoms with E-state index in [1.54, 1.807) is 0 Å². The van der Waals surface area contributed by atoms with Crippen LogP contribution in [0.2, 0.25) is 0 Å². The highest BCUT2D eigenvalue weighted by Gasteiger charge is 2.09. The summed E-state index contributed by atoms with van der Waals surface area (Å²) in [5.41, 5.74) is 6.42. The zero-order valence-corrected chi connectivity index (χ0v) is 15.4. The van der Waals surface area contributed by atoms with Gasteiger partial charge >= 0.3 is 0 Å². The molecule has 0 aromatic heterocycles. The molecule has 3 nitrogen and oxygen atoms in total. The van der Waals surface area contributed by atoms with Gasteiger partial charge in [-0.15, -0.1) is 11.8 Å². The number of hydrogen-bond donors (Lipinski definition) is 2. The fourth-order valence-electron chi connectivity index (χ4n) is 2.00. The number of thioether (sulfide) groups is 1. The van der Waals surface area contributed by atoms with Crippen LogP contribution < -0.4 is 11.1 Å². The lowest BCUT2D eigenvalue weighted by molar-refractivity contribution is -0.119. The van der Waals surface area contributed by atoms with Gasteiger partial charge in [0.25, 0.3) is 0 Å². The molecule has 1 aromatic carbocycles. The van der Waals surface area contributed by atoms with Crippen molar-refractivity contribution in [3.63, 3.8) is 0 Å². The molecular formula is C16H25BrN2OS. The van der Waals surface area contributed by atoms with Gasteiger partial charge in [0.05, 0.1) is 5.75 Å². The van der Waals surface area contributed by atoms with Gasteiger partial charge in [-0.25, -0.2) is 0 Å². The quantitative estimate of drug-likeness (QED) is 0.523. The summed E-state index contributed by atoms with van der Waals surface area (Å²) in [5.74, 6) is 1.24. The molecule has 0 aliphatic carbocycles. The molecule has 1 aromatic rings. The summed E-state index contributed by atoms with van der Waals surface area (Å²) < 4.78 is 0.935. The third kappa shape index (κ3) is 7.77. The lowest BCUT2D eigenvalue weighted by atomic mass is 10.0. The Morgan fingerprint density at radius 2 is 2.05 bits per heavy atom. The highest BCUT2D eigenvalue weighted by Crippen LogP contribution is 2.29. The maximum Gasteiger partial charge on any atom is 0.230 e. The molecule has 0 aliphatic rings. The maximum absolute atomic E-state index is 11.9. The van der Waals surface area contributed by atoms with Crippen LogP contribution in [0.15, 0.2) is 27.6 Å². The Morgan fingerprint density at radius 3 is 2.67 bits per heavy atom. The van der Waals surface area contributed by atoms with Crippen molar-refractivity contribution in [1.29, 1.82) is 0 Å². The molecule has 0 radical (unpaired) electrons. The molecular weight excluding hydrogens is 348 g/mol. The SMILES string of the molecule is CC(C)CCCC(C)NC(=O)CSc1ccc(N)cc1Br. The normalized spacial score (nSPS) is 12.4. The Kier molecular flexibility index (Phi) is 8.19. The zero-order chi connectivity index (χ0) is 15.8. The van der Waals surface area contributed by atoms with Gasteiger partial charge < -0.3 is 11.1 Å². The molecule has 1 amide bonds. The summed E-state index contributed by atoms with van der Waals surface area (Å²) in [4.78, 5) is 13.0. The van der Waals surface area contributed by atoms with Gasteiger partial charge in [-0.3, -0.25) is 4.79 Å². The van der Waals surface area contributed by atoms with Crippen molar-refractivity contribution in [2.45, 2.75) is 51.0 Å². The molecule has 0 spiro atoms. The number of carbonyl (C=O) groups is 1. The van der Waals surface area contributed by atoms with Crippen LogP contribution in [0, 0.1) is 5.92 Å². The predicted octanol–water partition coefficient (Wildman–Crippen LogP) is 4.45. The lowest BCUT2D eigenvalue weighted by Crippen LogP contribution is -2.33. The van der Waals surface area contributed by atoms with Gasteiger partial charge in [0.2, 0.25) is 5.91 Å². The number of halogens is 1. The fourth-order valence-corrected chi connectivity index (χ4v) is 3.47. The van der Waals surface area contributed by atoms with Gasteiger partial charge in [-0.2, -0.15) is 0 Å². The summed E-state index contributed by atoms with van der Waals surface area (Å²) >= 11 is 4.98. The smallest absolute Gasteiger partial charge is 0.230 e. The second kappa shape index (κ2) is 9.36. The summed E-state index contributed by atoms with van der Waals surface area (Å²) in [6.45, 7) is 6.52. The second-order valence-corrected chi connectivity index (χ2v) is 7.64. The number of amides is 1. The van der Waals surface area contributed by atoms with Crippen molar-refractivity contribution >= 4 is 39.3 Å². The molecule has 1 rings (SSSR count). The molecule has 1 atom stereocenters. The average molecular weight is 373 g/mol. The number of carbonyl (C=O) groups excluding carboxylic acids is 1. The maximum atomic E-state index is 11.9. The molecule has 1 unspecified atom stereocenters. The number of hydrogen-bond acceptors (Lipinski definition) is 3. The Balaban J connectivity index is 2.30. The zero-order valence-electron chi connectivity index (χ0n) is 13.0. The van der Waals surface area contributed by atoms with Gasteiger partial charge in [0.1, 0.15) is 0 Å². The van der Waals surface area contributed by atoms with E-state index in [-0.39, 0.29) is 11.9 Å². The first kappa shape index (κ1) is 18.4. The minimum atomic E-state index is 0.0840. The number of nitrogens with one attached hydrogen (secondary N) is 1. The second-order valence-electron chi connectivity index (χ2n) is 5.77. The van der Waals surface area contributed by atoms with Crippen LogP contribution in [0.25, 0.3) is 0 Å². The Bertz CT molecular complexity index is 466. The Labute approximate surface area is 140 Å². The van der Waals surface area contributed by atoms with Crippen LogP contribution in [-0.2, 0) is 4.79 Å². The molecule has 0 bridgehead atoms. The first-order valence-corrected chi connectivity index (χ1v) is 9.13. The Hall–Kier alpha value is -0.680. The van der Waals surface area contributed by atoms with Gasteiger partial charge in [-0.05, 0) is 53.4 Å². The predicted molar refractivity (Wildman–Crippen MR) is 95.6 cm³/mol. The first-order chi connectivity index (χ1) is 9.88. The largest absolute Gasteiger partial charge is 0.399 e. The molecule has 0 saturated carbocycles. The summed E-state index contributed by atoms with van der Waals surface area (Å²) in [7, 11) is 0.